The molecule has 30 heavy (non-hydrogen) atoms. The molecule has 0 saturated heterocycles. The highest BCUT2D eigenvalue weighted by Gasteiger charge is 2.58. The lowest BCUT2D eigenvalue weighted by Gasteiger charge is -2.58. The van der Waals surface area contributed by atoms with Gasteiger partial charge in [-0.25, -0.2) is 0 Å². The maximum atomic E-state index is 9.67. The van der Waals surface area contributed by atoms with Gasteiger partial charge in [0.05, 0.1) is 6.10 Å². The molecule has 0 radical (unpaired) electrons. The van der Waals surface area contributed by atoms with E-state index in [-0.39, 0.29) is 6.10 Å². The smallest absolute Gasteiger partial charge is 0.152 e. The average molecular weight is 417 g/mol. The third-order valence-corrected chi connectivity index (χ3v) is 10.2. The van der Waals surface area contributed by atoms with Crippen molar-refractivity contribution in [2.75, 3.05) is 0 Å². The van der Waals surface area contributed by atoms with E-state index < -0.39 is 6.29 Å². The number of ether oxygens (including phenoxy) is 1. The Morgan fingerprint density at radius 3 is 2.57 bits per heavy atom. The molecule has 0 aromatic carbocycles. The van der Waals surface area contributed by atoms with Gasteiger partial charge in [0.1, 0.15) is 0 Å². The van der Waals surface area contributed by atoms with E-state index in [1.807, 2.05) is 0 Å². The van der Waals surface area contributed by atoms with Gasteiger partial charge >= 0.3 is 0 Å². The SMILES string of the molecule is CC(C)CCCC[C@H]1CCC2[C@@H]3CC=C4C[C@@H](OC(C)O)CC[C@]4(C)C3CC[C@@]21C. The Balaban J connectivity index is 1.43. The summed E-state index contributed by atoms with van der Waals surface area (Å²) < 4.78 is 5.80. The van der Waals surface area contributed by atoms with Crippen LogP contribution in [0.4, 0.5) is 0 Å². The molecule has 0 aliphatic heterocycles. The van der Waals surface area contributed by atoms with Crippen LogP contribution in [-0.4, -0.2) is 17.5 Å². The summed E-state index contributed by atoms with van der Waals surface area (Å²) in [6.07, 6.45) is 18.6. The van der Waals surface area contributed by atoms with Crippen molar-refractivity contribution in [3.63, 3.8) is 0 Å². The monoisotopic (exact) mass is 416 g/mol. The Kier molecular flexibility index (Phi) is 6.77. The number of rotatable bonds is 7. The summed E-state index contributed by atoms with van der Waals surface area (Å²) in [5.74, 6) is 4.57. The zero-order valence-electron chi connectivity index (χ0n) is 20.5. The average Bonchev–Trinajstić information content (AvgIpc) is 3.01. The molecule has 4 aliphatic carbocycles. The predicted molar refractivity (Wildman–Crippen MR) is 125 cm³/mol. The van der Waals surface area contributed by atoms with Crippen molar-refractivity contribution in [1.82, 2.24) is 0 Å². The molecule has 0 bridgehead atoms. The fraction of sp³-hybridized carbons (Fsp3) is 0.929. The van der Waals surface area contributed by atoms with E-state index in [0.29, 0.717) is 10.8 Å². The number of unbranched alkanes of at least 4 members (excludes halogenated alkanes) is 1. The van der Waals surface area contributed by atoms with E-state index in [9.17, 15) is 5.11 Å². The van der Waals surface area contributed by atoms with Gasteiger partial charge in [-0.15, -0.1) is 0 Å². The molecular weight excluding hydrogens is 368 g/mol. The molecule has 3 unspecified atom stereocenters. The van der Waals surface area contributed by atoms with Crippen molar-refractivity contribution in [1.29, 1.82) is 0 Å². The van der Waals surface area contributed by atoms with Gasteiger partial charge in [-0.1, -0.05) is 58.6 Å². The lowest BCUT2D eigenvalue weighted by atomic mass is 9.47. The number of hydrogen-bond acceptors (Lipinski definition) is 2. The van der Waals surface area contributed by atoms with Crippen molar-refractivity contribution in [3.8, 4) is 0 Å². The first kappa shape index (κ1) is 22.8. The summed E-state index contributed by atoms with van der Waals surface area (Å²) in [4.78, 5) is 0. The van der Waals surface area contributed by atoms with E-state index in [2.05, 4.69) is 33.8 Å². The standard InChI is InChI=1S/C28H48O2/c1-19(2)8-6-7-9-21-11-13-25-24-12-10-22-18-23(30-20(3)29)14-16-28(22,5)26(24)15-17-27(21,25)4/h10,19-21,23-26,29H,6-9,11-18H2,1-5H3/t20?,21-,23-,24-,25?,26?,27+,28-/m0/s1. The molecule has 2 nitrogen and oxygen atoms in total. The van der Waals surface area contributed by atoms with Crippen LogP contribution in [0.5, 0.6) is 0 Å². The van der Waals surface area contributed by atoms with Crippen LogP contribution >= 0.6 is 0 Å². The molecule has 3 saturated carbocycles. The number of allylic oxidation sites excluding steroid dienone is 1. The predicted octanol–water partition coefficient (Wildman–Crippen LogP) is 7.51. The Morgan fingerprint density at radius 2 is 1.83 bits per heavy atom. The van der Waals surface area contributed by atoms with Crippen LogP contribution in [0.1, 0.15) is 112 Å². The lowest BCUT2D eigenvalue weighted by Crippen LogP contribution is -2.50. The van der Waals surface area contributed by atoms with Gasteiger partial charge in [-0.3, -0.25) is 0 Å². The summed E-state index contributed by atoms with van der Waals surface area (Å²) in [6.45, 7) is 11.7. The van der Waals surface area contributed by atoms with Crippen molar-refractivity contribution < 1.29 is 9.84 Å². The largest absolute Gasteiger partial charge is 0.368 e. The van der Waals surface area contributed by atoms with E-state index in [0.717, 1.165) is 42.4 Å². The van der Waals surface area contributed by atoms with E-state index >= 15 is 0 Å². The van der Waals surface area contributed by atoms with Gasteiger partial charge in [0.25, 0.3) is 0 Å². The first-order chi connectivity index (χ1) is 14.2. The van der Waals surface area contributed by atoms with E-state index in [4.69, 9.17) is 4.74 Å². The minimum Gasteiger partial charge on any atom is -0.368 e. The van der Waals surface area contributed by atoms with Crippen molar-refractivity contribution in [2.45, 2.75) is 124 Å². The van der Waals surface area contributed by atoms with Crippen molar-refractivity contribution in [2.24, 2.45) is 40.4 Å². The minimum absolute atomic E-state index is 0.219. The highest BCUT2D eigenvalue weighted by Crippen LogP contribution is 2.66. The molecule has 172 valence electrons. The summed E-state index contributed by atoms with van der Waals surface area (Å²) >= 11 is 0. The van der Waals surface area contributed by atoms with Crippen LogP contribution in [0, 0.1) is 40.4 Å². The van der Waals surface area contributed by atoms with Crippen LogP contribution < -0.4 is 0 Å². The summed E-state index contributed by atoms with van der Waals surface area (Å²) in [5.41, 5.74) is 2.65. The number of fused-ring (bicyclic) bond motifs is 5. The second-order valence-electron chi connectivity index (χ2n) is 12.4. The Bertz CT molecular complexity index is 622. The fourth-order valence-electron chi connectivity index (χ4n) is 8.55. The van der Waals surface area contributed by atoms with E-state index in [1.165, 1.54) is 64.2 Å². The molecule has 4 rings (SSSR count). The fourth-order valence-corrected chi connectivity index (χ4v) is 8.55. The molecule has 2 heteroatoms. The topological polar surface area (TPSA) is 29.5 Å². The van der Waals surface area contributed by atoms with Crippen LogP contribution in [0.15, 0.2) is 11.6 Å². The Morgan fingerprint density at radius 1 is 1.03 bits per heavy atom. The first-order valence-corrected chi connectivity index (χ1v) is 13.3. The van der Waals surface area contributed by atoms with Crippen LogP contribution in [0.2, 0.25) is 0 Å². The minimum atomic E-state index is -0.636. The third-order valence-electron chi connectivity index (χ3n) is 10.2. The second kappa shape index (κ2) is 8.89. The maximum Gasteiger partial charge on any atom is 0.152 e. The van der Waals surface area contributed by atoms with Crippen molar-refractivity contribution in [3.05, 3.63) is 11.6 Å². The molecule has 0 spiro atoms. The summed E-state index contributed by atoms with van der Waals surface area (Å²) in [6, 6.07) is 0. The molecule has 0 amide bonds. The van der Waals surface area contributed by atoms with Gasteiger partial charge in [-0.2, -0.15) is 0 Å². The first-order valence-electron chi connectivity index (χ1n) is 13.3. The van der Waals surface area contributed by atoms with Gasteiger partial charge in [0.2, 0.25) is 0 Å². The number of aliphatic hydroxyl groups excluding tert-OH is 1. The molecule has 8 atom stereocenters. The maximum absolute atomic E-state index is 9.67. The van der Waals surface area contributed by atoms with Crippen molar-refractivity contribution >= 4 is 0 Å². The molecular formula is C28H48O2. The molecule has 1 N–H and O–H groups in total. The van der Waals surface area contributed by atoms with E-state index in [1.54, 1.807) is 12.5 Å². The zero-order chi connectivity index (χ0) is 21.5. The summed E-state index contributed by atoms with van der Waals surface area (Å²) in [5, 5.41) is 9.67. The summed E-state index contributed by atoms with van der Waals surface area (Å²) in [7, 11) is 0. The van der Waals surface area contributed by atoms with Gasteiger partial charge < -0.3 is 9.84 Å². The highest BCUT2D eigenvalue weighted by molar-refractivity contribution is 5.25. The van der Waals surface area contributed by atoms with Crippen LogP contribution in [0.3, 0.4) is 0 Å². The number of hydrogen-bond donors (Lipinski definition) is 1. The zero-order valence-corrected chi connectivity index (χ0v) is 20.5. The molecule has 0 aromatic heterocycles. The number of aliphatic hydroxyl groups is 1. The van der Waals surface area contributed by atoms with Gasteiger partial charge in [-0.05, 0) is 105 Å². The quantitative estimate of drug-likeness (QED) is 0.264. The van der Waals surface area contributed by atoms with Gasteiger partial charge in [0, 0.05) is 0 Å². The molecule has 0 aromatic rings. The van der Waals surface area contributed by atoms with Gasteiger partial charge in [0.15, 0.2) is 6.29 Å². The third kappa shape index (κ3) is 4.17. The Hall–Kier alpha value is -0.340. The van der Waals surface area contributed by atoms with Crippen LogP contribution in [-0.2, 0) is 4.74 Å². The molecule has 0 heterocycles. The Labute approximate surface area is 186 Å². The highest BCUT2D eigenvalue weighted by atomic mass is 16.6. The normalized spacial score (nSPS) is 44.2. The van der Waals surface area contributed by atoms with Crippen LogP contribution in [0.25, 0.3) is 0 Å². The lowest BCUT2D eigenvalue weighted by molar-refractivity contribution is -0.138. The molecule has 4 aliphatic rings. The second-order valence-corrected chi connectivity index (χ2v) is 12.4. The molecule has 3 fully saturated rings.